The number of hydrogen-bond acceptors (Lipinski definition) is 8. The van der Waals surface area contributed by atoms with E-state index in [-0.39, 0.29) is 17.3 Å². The minimum Gasteiger partial charge on any atom is -0.493 e. The third-order valence-corrected chi connectivity index (χ3v) is 8.14. The Bertz CT molecular complexity index is 1170. The average Bonchev–Trinajstić information content (AvgIpc) is 3.20. The molecule has 3 heterocycles. The van der Waals surface area contributed by atoms with Gasteiger partial charge in [0.15, 0.2) is 3.95 Å². The summed E-state index contributed by atoms with van der Waals surface area (Å²) in [6.45, 7) is 7.10. The topological polar surface area (TPSA) is 67.5 Å². The molecule has 2 aromatic heterocycles. The minimum absolute atomic E-state index is 0.0576. The van der Waals surface area contributed by atoms with Gasteiger partial charge in [0.2, 0.25) is 5.88 Å². The number of amides is 1. The highest BCUT2D eigenvalue weighted by Crippen LogP contribution is 2.31. The van der Waals surface area contributed by atoms with Gasteiger partial charge in [0.25, 0.3) is 11.5 Å². The number of rotatable bonds is 4. The molecule has 0 radical (unpaired) electrons. The largest absolute Gasteiger partial charge is 0.493 e. The Labute approximate surface area is 178 Å². The Balaban J connectivity index is 2.27. The van der Waals surface area contributed by atoms with Crippen LogP contribution >= 0.6 is 58.9 Å². The van der Waals surface area contributed by atoms with E-state index in [9.17, 15) is 14.7 Å². The van der Waals surface area contributed by atoms with Crippen molar-refractivity contribution in [3.8, 4) is 5.88 Å². The molecule has 3 rings (SSSR count). The van der Waals surface area contributed by atoms with Crippen molar-refractivity contribution in [2.45, 2.75) is 33.9 Å². The summed E-state index contributed by atoms with van der Waals surface area (Å²) in [7, 11) is 0. The SMILES string of the molecule is CCN1C(=O)C(=c2sc(=Cc3sc(=S)n(CC)c3O)c(=O)n2CC)SC1=S. The predicted octanol–water partition coefficient (Wildman–Crippen LogP) is 2.06. The van der Waals surface area contributed by atoms with Gasteiger partial charge in [-0.25, -0.2) is 0 Å². The van der Waals surface area contributed by atoms with Gasteiger partial charge >= 0.3 is 0 Å². The summed E-state index contributed by atoms with van der Waals surface area (Å²) < 4.78 is 5.28. The van der Waals surface area contributed by atoms with Gasteiger partial charge in [-0.1, -0.05) is 24.0 Å². The number of thioether (sulfide) groups is 1. The molecule has 0 aromatic carbocycles. The fraction of sp³-hybridized carbons (Fsp3) is 0.375. The molecule has 2 aromatic rings. The fourth-order valence-corrected chi connectivity index (χ4v) is 6.82. The van der Waals surface area contributed by atoms with Crippen LogP contribution in [0.2, 0.25) is 0 Å². The minimum atomic E-state index is -0.193. The summed E-state index contributed by atoms with van der Waals surface area (Å²) in [5.74, 6) is -0.111. The van der Waals surface area contributed by atoms with Gasteiger partial charge in [-0.2, -0.15) is 0 Å². The van der Waals surface area contributed by atoms with Crippen LogP contribution in [-0.4, -0.2) is 35.9 Å². The van der Waals surface area contributed by atoms with Gasteiger partial charge in [-0.3, -0.25) is 23.6 Å². The number of thiazole rings is 2. The van der Waals surface area contributed by atoms with Crippen molar-refractivity contribution < 1.29 is 9.90 Å². The Hall–Kier alpha value is -1.27. The standard InChI is InChI=1S/C16H17N3O3S5/c1-4-17-11(20)8(7-9-12(21)18(5-2)15(23)26-9)25-14(17)10-13(22)19(6-3)16(24)27-10/h7,21H,4-6H2,1-3H3. The lowest BCUT2D eigenvalue weighted by Gasteiger charge is -2.09. The van der Waals surface area contributed by atoms with Crippen LogP contribution in [0.4, 0.5) is 0 Å². The van der Waals surface area contributed by atoms with E-state index >= 15 is 0 Å². The van der Waals surface area contributed by atoms with Crippen LogP contribution in [0, 0.1) is 3.95 Å². The van der Waals surface area contributed by atoms with Crippen molar-refractivity contribution in [3.63, 3.8) is 0 Å². The first-order valence-electron chi connectivity index (χ1n) is 8.25. The molecule has 1 amide bonds. The maximum Gasteiger partial charge on any atom is 0.269 e. The third kappa shape index (κ3) is 3.46. The average molecular weight is 460 g/mol. The van der Waals surface area contributed by atoms with E-state index in [0.717, 1.165) is 0 Å². The number of carbonyl (C=O) groups is 1. The molecule has 27 heavy (non-hydrogen) atoms. The second-order valence-electron chi connectivity index (χ2n) is 5.51. The molecular weight excluding hydrogens is 443 g/mol. The molecule has 1 aliphatic rings. The van der Waals surface area contributed by atoms with Gasteiger partial charge in [0.05, 0.1) is 9.41 Å². The van der Waals surface area contributed by atoms with Crippen LogP contribution in [-0.2, 0) is 17.9 Å². The molecule has 0 saturated carbocycles. The zero-order valence-electron chi connectivity index (χ0n) is 14.8. The maximum absolute atomic E-state index is 12.8. The maximum atomic E-state index is 12.8. The van der Waals surface area contributed by atoms with Crippen molar-refractivity contribution in [1.29, 1.82) is 0 Å². The normalized spacial score (nSPS) is 17.4. The lowest BCUT2D eigenvalue weighted by atomic mass is 10.4. The number of thiocarbonyl (C=S) groups is 1. The first-order chi connectivity index (χ1) is 12.8. The number of aromatic hydroxyl groups is 1. The van der Waals surface area contributed by atoms with E-state index in [1.807, 2.05) is 20.8 Å². The highest BCUT2D eigenvalue weighted by Gasteiger charge is 2.32. The number of nitrogens with zero attached hydrogens (tertiary/aromatic N) is 3. The van der Waals surface area contributed by atoms with Gasteiger partial charge in [0.1, 0.15) is 13.9 Å². The zero-order chi connectivity index (χ0) is 19.9. The van der Waals surface area contributed by atoms with Gasteiger partial charge in [-0.05, 0) is 39.1 Å². The third-order valence-electron chi connectivity index (χ3n) is 4.06. The monoisotopic (exact) mass is 459 g/mol. The lowest BCUT2D eigenvalue weighted by molar-refractivity contribution is -0.120. The summed E-state index contributed by atoms with van der Waals surface area (Å²) in [5, 5.41) is 10.3. The number of hydrogen-bond donors (Lipinski definition) is 1. The van der Waals surface area contributed by atoms with Crippen LogP contribution in [0.5, 0.6) is 5.88 Å². The Morgan fingerprint density at radius 2 is 1.70 bits per heavy atom. The highest BCUT2D eigenvalue weighted by molar-refractivity contribution is 8.30. The molecule has 1 fully saturated rings. The first kappa shape index (κ1) is 20.5. The molecule has 0 spiro atoms. The number of carbonyl (C=O) groups excluding carboxylic acids is 1. The van der Waals surface area contributed by atoms with Crippen molar-refractivity contribution >= 4 is 80.1 Å². The predicted molar refractivity (Wildman–Crippen MR) is 119 cm³/mol. The Morgan fingerprint density at radius 1 is 1.04 bits per heavy atom. The van der Waals surface area contributed by atoms with Crippen LogP contribution in [0.25, 0.3) is 11.0 Å². The van der Waals surface area contributed by atoms with E-state index in [1.54, 1.807) is 15.2 Å². The summed E-state index contributed by atoms with van der Waals surface area (Å²) in [4.78, 5) is 28.0. The Kier molecular flexibility index (Phi) is 6.06. The van der Waals surface area contributed by atoms with E-state index < -0.39 is 0 Å². The molecule has 1 N–H and O–H groups in total. The van der Waals surface area contributed by atoms with E-state index in [2.05, 4.69) is 0 Å². The molecule has 0 atom stereocenters. The second-order valence-corrected chi connectivity index (χ2v) is 9.86. The zero-order valence-corrected chi connectivity index (χ0v) is 18.9. The van der Waals surface area contributed by atoms with Crippen molar-refractivity contribution in [3.05, 3.63) is 28.4 Å². The van der Waals surface area contributed by atoms with Crippen LogP contribution in [0.15, 0.2) is 4.79 Å². The van der Waals surface area contributed by atoms with Gasteiger partial charge < -0.3 is 5.11 Å². The summed E-state index contributed by atoms with van der Waals surface area (Å²) in [6.07, 6.45) is 1.64. The van der Waals surface area contributed by atoms with Crippen molar-refractivity contribution in [2.24, 2.45) is 0 Å². The van der Waals surface area contributed by atoms with E-state index in [1.165, 1.54) is 39.3 Å². The molecule has 144 valence electrons. The quantitative estimate of drug-likeness (QED) is 0.706. The molecule has 0 bridgehead atoms. The van der Waals surface area contributed by atoms with E-state index in [4.69, 9.17) is 24.4 Å². The Morgan fingerprint density at radius 3 is 2.22 bits per heavy atom. The highest BCUT2D eigenvalue weighted by atomic mass is 32.2. The molecule has 1 saturated heterocycles. The van der Waals surface area contributed by atoms with Crippen molar-refractivity contribution in [1.82, 2.24) is 14.0 Å². The van der Waals surface area contributed by atoms with Crippen LogP contribution < -0.4 is 14.8 Å². The lowest BCUT2D eigenvalue weighted by Crippen LogP contribution is -2.33. The smallest absolute Gasteiger partial charge is 0.269 e. The molecule has 0 aliphatic carbocycles. The molecule has 1 aliphatic heterocycles. The first-order valence-corrected chi connectivity index (χ1v) is 11.5. The van der Waals surface area contributed by atoms with Crippen LogP contribution in [0.3, 0.4) is 0 Å². The fourth-order valence-electron chi connectivity index (χ4n) is 2.68. The van der Waals surface area contributed by atoms with Gasteiger partial charge in [-0.15, -0.1) is 22.7 Å². The molecule has 6 nitrogen and oxygen atoms in total. The summed E-state index contributed by atoms with van der Waals surface area (Å²) in [6, 6.07) is 0. The van der Waals surface area contributed by atoms with E-state index in [0.29, 0.717) is 46.9 Å². The second kappa shape index (κ2) is 8.00. The molecule has 11 heteroatoms. The summed E-state index contributed by atoms with van der Waals surface area (Å²) >= 11 is 14.2. The number of aromatic nitrogens is 2. The summed E-state index contributed by atoms with van der Waals surface area (Å²) in [5.41, 5.74) is -0.193. The molecular formula is C16H17N3O3S5. The van der Waals surface area contributed by atoms with Crippen molar-refractivity contribution in [2.75, 3.05) is 6.54 Å². The van der Waals surface area contributed by atoms with Crippen LogP contribution in [0.1, 0.15) is 25.6 Å². The van der Waals surface area contributed by atoms with Gasteiger partial charge in [0, 0.05) is 19.6 Å². The molecule has 0 unspecified atom stereocenters.